The van der Waals surface area contributed by atoms with Gasteiger partial charge in [0.2, 0.25) is 0 Å². The summed E-state index contributed by atoms with van der Waals surface area (Å²) in [6, 6.07) is 0. The number of carbonyl (C=O) groups is 3. The molecule has 0 aliphatic rings. The largest absolute Gasteiger partial charge is 0.481 e. The molecule has 0 amide bonds. The molecule has 1 unspecified atom stereocenters. The van der Waals surface area contributed by atoms with Gasteiger partial charge >= 0.3 is 17.9 Å². The molecule has 0 heterocycles. The number of esters is 2. The van der Waals surface area contributed by atoms with Crippen molar-refractivity contribution in [3.05, 3.63) is 0 Å². The lowest BCUT2D eigenvalue weighted by Crippen LogP contribution is -2.20. The first-order valence-corrected chi connectivity index (χ1v) is 16.7. The average Bonchev–Trinajstić information content (AvgIpc) is 3.04. The van der Waals surface area contributed by atoms with Crippen LogP contribution in [-0.2, 0) is 61.8 Å². The van der Waals surface area contributed by atoms with E-state index in [0.29, 0.717) is 112 Å². The molecule has 0 saturated heterocycles. The van der Waals surface area contributed by atoms with Crippen molar-refractivity contribution in [2.45, 2.75) is 65.2 Å². The van der Waals surface area contributed by atoms with Crippen molar-refractivity contribution in [2.75, 3.05) is 119 Å². The number of hydrogen-bond acceptors (Lipinski definition) is 13. The highest BCUT2D eigenvalue weighted by atomic mass is 16.6. The van der Waals surface area contributed by atoms with Crippen LogP contribution < -0.4 is 0 Å². The minimum atomic E-state index is -0.864. The second-order valence-electron chi connectivity index (χ2n) is 10.1. The smallest absolute Gasteiger partial charge is 0.308 e. The number of unbranched alkanes of at least 4 members (excludes halogenated alkanes) is 2. The highest BCUT2D eigenvalue weighted by Crippen LogP contribution is 2.14. The first-order chi connectivity index (χ1) is 22.5. The third-order valence-corrected chi connectivity index (χ3v) is 6.32. The van der Waals surface area contributed by atoms with Crippen molar-refractivity contribution >= 4 is 17.9 Å². The van der Waals surface area contributed by atoms with E-state index in [9.17, 15) is 14.4 Å². The number of hydrogen-bond donors (Lipinski definition) is 1. The minimum absolute atomic E-state index is 0.0117. The summed E-state index contributed by atoms with van der Waals surface area (Å²) in [7, 11) is 0. The number of rotatable bonds is 37. The molecule has 0 rings (SSSR count). The van der Waals surface area contributed by atoms with Crippen molar-refractivity contribution in [2.24, 2.45) is 5.92 Å². The molecule has 0 aliphatic heterocycles. The maximum Gasteiger partial charge on any atom is 0.308 e. The van der Waals surface area contributed by atoms with Crippen molar-refractivity contribution in [1.82, 2.24) is 0 Å². The summed E-state index contributed by atoms with van der Waals surface area (Å²) in [5, 5.41) is 8.54. The van der Waals surface area contributed by atoms with Gasteiger partial charge < -0.3 is 52.5 Å². The molecule has 0 aromatic carbocycles. The Kier molecular flexibility index (Phi) is 34.4. The number of aliphatic carboxylic acids is 1. The fraction of sp³-hybridized carbons (Fsp3) is 0.906. The fourth-order valence-electron chi connectivity index (χ4n) is 3.73. The van der Waals surface area contributed by atoms with Gasteiger partial charge in [-0.15, -0.1) is 0 Å². The second-order valence-corrected chi connectivity index (χ2v) is 10.1. The third-order valence-electron chi connectivity index (χ3n) is 6.32. The van der Waals surface area contributed by atoms with Crippen LogP contribution in [0.15, 0.2) is 0 Å². The van der Waals surface area contributed by atoms with E-state index < -0.39 is 5.97 Å². The predicted molar refractivity (Wildman–Crippen MR) is 168 cm³/mol. The summed E-state index contributed by atoms with van der Waals surface area (Å²) in [6.07, 6.45) is 5.03. The monoisotopic (exact) mass is 668 g/mol. The van der Waals surface area contributed by atoms with Gasteiger partial charge in [-0.25, -0.2) is 0 Å². The summed E-state index contributed by atoms with van der Waals surface area (Å²) in [5.41, 5.74) is 0. The Labute approximate surface area is 274 Å². The van der Waals surface area contributed by atoms with Gasteiger partial charge in [0.05, 0.1) is 112 Å². The van der Waals surface area contributed by atoms with Crippen LogP contribution in [0, 0.1) is 5.92 Å². The van der Waals surface area contributed by atoms with E-state index in [1.165, 1.54) is 0 Å². The maximum absolute atomic E-state index is 12.0. The number of carboxylic acid groups (broad SMARTS) is 1. The molecule has 0 bridgehead atoms. The normalized spacial score (nSPS) is 11.9. The van der Waals surface area contributed by atoms with E-state index in [2.05, 4.69) is 6.92 Å². The van der Waals surface area contributed by atoms with E-state index in [4.69, 9.17) is 52.5 Å². The molecule has 0 fully saturated rings. The lowest BCUT2D eigenvalue weighted by Gasteiger charge is -2.13. The van der Waals surface area contributed by atoms with Gasteiger partial charge in [0.25, 0.3) is 0 Å². The highest BCUT2D eigenvalue weighted by Gasteiger charge is 2.17. The fourth-order valence-corrected chi connectivity index (χ4v) is 3.73. The van der Waals surface area contributed by atoms with E-state index in [1.807, 2.05) is 6.92 Å². The maximum atomic E-state index is 12.0. The topological polar surface area (TPSA) is 164 Å². The van der Waals surface area contributed by atoms with Crippen molar-refractivity contribution < 1.29 is 66.9 Å². The Morgan fingerprint density at radius 2 is 0.826 bits per heavy atom. The molecule has 0 aliphatic carbocycles. The van der Waals surface area contributed by atoms with Gasteiger partial charge in [-0.3, -0.25) is 14.4 Å². The number of carbonyl (C=O) groups excluding carboxylic acids is 2. The quantitative estimate of drug-likeness (QED) is 0.0759. The molecular formula is C32H60O14. The molecule has 46 heavy (non-hydrogen) atoms. The Morgan fingerprint density at radius 3 is 1.17 bits per heavy atom. The van der Waals surface area contributed by atoms with Crippen molar-refractivity contribution in [3.63, 3.8) is 0 Å². The third kappa shape index (κ3) is 33.5. The molecule has 1 N–H and O–H groups in total. The van der Waals surface area contributed by atoms with Crippen molar-refractivity contribution in [3.8, 4) is 0 Å². The molecule has 0 aromatic heterocycles. The molecular weight excluding hydrogens is 608 g/mol. The van der Waals surface area contributed by atoms with Crippen LogP contribution in [-0.4, -0.2) is 142 Å². The molecule has 14 nitrogen and oxygen atoms in total. The minimum Gasteiger partial charge on any atom is -0.481 e. The predicted octanol–water partition coefficient (Wildman–Crippen LogP) is 3.07. The average molecular weight is 669 g/mol. The zero-order chi connectivity index (χ0) is 33.8. The zero-order valence-corrected chi connectivity index (χ0v) is 28.2. The van der Waals surface area contributed by atoms with Crippen LogP contribution in [0.4, 0.5) is 0 Å². The molecule has 0 saturated carbocycles. The molecule has 14 heteroatoms. The zero-order valence-electron chi connectivity index (χ0n) is 28.2. The molecule has 0 aromatic rings. The van der Waals surface area contributed by atoms with Gasteiger partial charge in [-0.2, -0.15) is 0 Å². The lowest BCUT2D eigenvalue weighted by atomic mass is 10.00. The van der Waals surface area contributed by atoms with E-state index >= 15 is 0 Å². The standard InChI is InChI=1S/C32H60O14/c1-3-5-8-29(4-2)32(36)46-28-26-44-24-22-42-20-18-40-16-14-38-12-11-37-13-15-39-17-19-41-21-23-43-25-27-45-31(35)10-7-6-9-30(33)34/h29H,3-28H2,1-2H3,(H,33,34). The second kappa shape index (κ2) is 35.9. The van der Waals surface area contributed by atoms with Gasteiger partial charge in [0.1, 0.15) is 13.2 Å². The van der Waals surface area contributed by atoms with Crippen LogP contribution in [0.25, 0.3) is 0 Å². The summed E-state index contributed by atoms with van der Waals surface area (Å²) >= 11 is 0. The van der Waals surface area contributed by atoms with Crippen LogP contribution in [0.5, 0.6) is 0 Å². The van der Waals surface area contributed by atoms with Gasteiger partial charge in [0, 0.05) is 12.8 Å². The number of carboxylic acids is 1. The van der Waals surface area contributed by atoms with Crippen LogP contribution in [0.2, 0.25) is 0 Å². The highest BCUT2D eigenvalue weighted by molar-refractivity contribution is 5.72. The van der Waals surface area contributed by atoms with E-state index in [0.717, 1.165) is 25.7 Å². The molecule has 0 radical (unpaired) electrons. The van der Waals surface area contributed by atoms with Gasteiger partial charge in [0.15, 0.2) is 0 Å². The Morgan fingerprint density at radius 1 is 0.478 bits per heavy atom. The Hall–Kier alpha value is -1.91. The summed E-state index contributed by atoms with van der Waals surface area (Å²) in [5.74, 6) is -1.35. The SMILES string of the molecule is CCCCC(CC)C(=O)OCCOCCOCCOCCOCCOCCOCCOCCOCCOC(=O)CCCCC(=O)O. The van der Waals surface area contributed by atoms with Crippen LogP contribution >= 0.6 is 0 Å². The number of ether oxygens (including phenoxy) is 10. The summed E-state index contributed by atoms with van der Waals surface area (Å²) in [6.45, 7) is 11.5. The van der Waals surface area contributed by atoms with E-state index in [-0.39, 0.29) is 50.5 Å². The molecule has 272 valence electrons. The van der Waals surface area contributed by atoms with Gasteiger partial charge in [-0.05, 0) is 25.7 Å². The van der Waals surface area contributed by atoms with Crippen LogP contribution in [0.1, 0.15) is 65.2 Å². The van der Waals surface area contributed by atoms with Gasteiger partial charge in [-0.1, -0.05) is 26.7 Å². The summed E-state index contributed by atoms with van der Waals surface area (Å²) in [4.78, 5) is 33.9. The Balaban J connectivity index is 3.20. The lowest BCUT2D eigenvalue weighted by molar-refractivity contribution is -0.150. The van der Waals surface area contributed by atoms with E-state index in [1.54, 1.807) is 0 Å². The van der Waals surface area contributed by atoms with Crippen molar-refractivity contribution in [1.29, 1.82) is 0 Å². The first-order valence-electron chi connectivity index (χ1n) is 16.7. The summed E-state index contributed by atoms with van der Waals surface area (Å²) < 4.78 is 53.7. The molecule has 1 atom stereocenters. The first kappa shape index (κ1) is 44.1. The van der Waals surface area contributed by atoms with Crippen LogP contribution in [0.3, 0.4) is 0 Å². The Bertz CT molecular complexity index is 694. The molecule has 0 spiro atoms.